The van der Waals surface area contributed by atoms with Gasteiger partial charge in [-0.05, 0) is 35.9 Å². The Hall–Kier alpha value is -2.73. The van der Waals surface area contributed by atoms with Crippen LogP contribution in [0.25, 0.3) is 12.2 Å². The molecule has 0 aliphatic rings. The van der Waals surface area contributed by atoms with Crippen molar-refractivity contribution in [1.29, 1.82) is 0 Å². The molecule has 4 nitrogen and oxygen atoms in total. The largest absolute Gasteiger partial charge is 0.461 e. The summed E-state index contributed by atoms with van der Waals surface area (Å²) in [7, 11) is 1.60. The second kappa shape index (κ2) is 6.18. The number of thiazole rings is 1. The van der Waals surface area contributed by atoms with E-state index in [1.165, 1.54) is 40.4 Å². The van der Waals surface area contributed by atoms with Gasteiger partial charge in [0.1, 0.15) is 10.5 Å². The number of furan rings is 1. The van der Waals surface area contributed by atoms with Crippen LogP contribution in [0.2, 0.25) is 0 Å². The van der Waals surface area contributed by atoms with Crippen LogP contribution in [0.4, 0.5) is 4.39 Å². The first-order valence-electron chi connectivity index (χ1n) is 6.77. The van der Waals surface area contributed by atoms with E-state index in [0.717, 1.165) is 0 Å². The van der Waals surface area contributed by atoms with Crippen LogP contribution in [0.15, 0.2) is 51.9 Å². The van der Waals surface area contributed by atoms with E-state index in [9.17, 15) is 14.0 Å². The SMILES string of the molecule is Cn1c(=O)/c(=C\c2ccc(F)cc2)s/c1=C\C(=O)c1ccco1. The Balaban J connectivity index is 2.07. The molecule has 0 spiro atoms. The molecule has 0 aliphatic heterocycles. The van der Waals surface area contributed by atoms with Gasteiger partial charge in [0.15, 0.2) is 5.76 Å². The van der Waals surface area contributed by atoms with Crippen molar-refractivity contribution in [1.82, 2.24) is 4.57 Å². The maximum Gasteiger partial charge on any atom is 0.268 e. The number of halogens is 1. The topological polar surface area (TPSA) is 52.2 Å². The lowest BCUT2D eigenvalue weighted by Crippen LogP contribution is -2.29. The van der Waals surface area contributed by atoms with Crippen molar-refractivity contribution in [3.8, 4) is 0 Å². The number of benzene rings is 1. The zero-order chi connectivity index (χ0) is 16.4. The highest BCUT2D eigenvalue weighted by molar-refractivity contribution is 7.07. The Bertz CT molecular complexity index is 1010. The van der Waals surface area contributed by atoms with Crippen LogP contribution in [-0.2, 0) is 7.05 Å². The number of carbonyl (C=O) groups excluding carboxylic acids is 1. The van der Waals surface area contributed by atoms with Crippen LogP contribution in [0.1, 0.15) is 16.1 Å². The zero-order valence-electron chi connectivity index (χ0n) is 12.2. The number of Topliss-reactive ketones (excluding diaryl/α,β-unsaturated/α-hetero) is 1. The van der Waals surface area contributed by atoms with Gasteiger partial charge >= 0.3 is 0 Å². The molecule has 116 valence electrons. The highest BCUT2D eigenvalue weighted by atomic mass is 32.1. The van der Waals surface area contributed by atoms with E-state index >= 15 is 0 Å². The molecular formula is C17H12FNO3S. The molecule has 0 radical (unpaired) electrons. The average Bonchev–Trinajstić information content (AvgIpc) is 3.15. The summed E-state index contributed by atoms with van der Waals surface area (Å²) in [4.78, 5) is 24.3. The molecule has 0 N–H and O–H groups in total. The fraction of sp³-hybridized carbons (Fsp3) is 0.0588. The molecule has 0 saturated heterocycles. The lowest BCUT2D eigenvalue weighted by Gasteiger charge is -1.90. The van der Waals surface area contributed by atoms with Crippen molar-refractivity contribution in [3.63, 3.8) is 0 Å². The first kappa shape index (κ1) is 15.2. The summed E-state index contributed by atoms with van der Waals surface area (Å²) >= 11 is 1.19. The Morgan fingerprint density at radius 3 is 2.65 bits per heavy atom. The molecule has 1 aromatic carbocycles. The maximum absolute atomic E-state index is 12.9. The average molecular weight is 329 g/mol. The van der Waals surface area contributed by atoms with E-state index in [-0.39, 0.29) is 22.9 Å². The lowest BCUT2D eigenvalue weighted by atomic mass is 10.2. The summed E-state index contributed by atoms with van der Waals surface area (Å²) in [6.45, 7) is 0. The Kier molecular flexibility index (Phi) is 4.08. The van der Waals surface area contributed by atoms with Gasteiger partial charge in [-0.15, -0.1) is 11.3 Å². The number of rotatable bonds is 3. The molecule has 0 aliphatic carbocycles. The molecule has 0 unspecified atom stereocenters. The van der Waals surface area contributed by atoms with E-state index in [4.69, 9.17) is 4.42 Å². The third-order valence-corrected chi connectivity index (χ3v) is 4.36. The number of ketones is 1. The van der Waals surface area contributed by atoms with Crippen LogP contribution >= 0.6 is 11.3 Å². The first-order chi connectivity index (χ1) is 11.0. The molecule has 2 aromatic heterocycles. The molecule has 6 heteroatoms. The third-order valence-electron chi connectivity index (χ3n) is 3.25. The van der Waals surface area contributed by atoms with Crippen molar-refractivity contribution < 1.29 is 13.6 Å². The summed E-state index contributed by atoms with van der Waals surface area (Å²) in [6.07, 6.45) is 4.45. The molecule has 0 atom stereocenters. The fourth-order valence-corrected chi connectivity index (χ4v) is 3.05. The predicted molar refractivity (Wildman–Crippen MR) is 86.3 cm³/mol. The van der Waals surface area contributed by atoms with E-state index < -0.39 is 0 Å². The Labute approximate surface area is 134 Å². The summed E-state index contributed by atoms with van der Waals surface area (Å²) in [6, 6.07) is 9.03. The van der Waals surface area contributed by atoms with Gasteiger partial charge in [0.2, 0.25) is 5.78 Å². The third kappa shape index (κ3) is 3.22. The van der Waals surface area contributed by atoms with Gasteiger partial charge in [-0.2, -0.15) is 0 Å². The number of hydrogen-bond donors (Lipinski definition) is 0. The molecule has 3 rings (SSSR count). The normalized spacial score (nSPS) is 12.8. The smallest absolute Gasteiger partial charge is 0.268 e. The van der Waals surface area contributed by atoms with Crippen molar-refractivity contribution in [2.75, 3.05) is 0 Å². The number of hydrogen-bond acceptors (Lipinski definition) is 4. The van der Waals surface area contributed by atoms with Crippen LogP contribution in [-0.4, -0.2) is 10.4 Å². The summed E-state index contributed by atoms with van der Waals surface area (Å²) in [5, 5.41) is 0. The van der Waals surface area contributed by atoms with Gasteiger partial charge in [-0.25, -0.2) is 4.39 Å². The van der Waals surface area contributed by atoms with Gasteiger partial charge in [-0.1, -0.05) is 12.1 Å². The highest BCUT2D eigenvalue weighted by Crippen LogP contribution is 2.03. The second-order valence-corrected chi connectivity index (χ2v) is 5.91. The van der Waals surface area contributed by atoms with Gasteiger partial charge in [0, 0.05) is 13.1 Å². The van der Waals surface area contributed by atoms with Gasteiger partial charge < -0.3 is 8.98 Å². The van der Waals surface area contributed by atoms with Crippen molar-refractivity contribution >= 4 is 29.3 Å². The molecule has 2 heterocycles. The van der Waals surface area contributed by atoms with E-state index in [1.54, 1.807) is 37.4 Å². The predicted octanol–water partition coefficient (Wildman–Crippen LogP) is 1.67. The van der Waals surface area contributed by atoms with Crippen LogP contribution in [0, 0.1) is 5.82 Å². The Morgan fingerprint density at radius 2 is 2.00 bits per heavy atom. The minimum atomic E-state index is -0.334. The minimum Gasteiger partial charge on any atom is -0.461 e. The molecular weight excluding hydrogens is 317 g/mol. The quantitative estimate of drug-likeness (QED) is 0.687. The molecule has 23 heavy (non-hydrogen) atoms. The van der Waals surface area contributed by atoms with Crippen molar-refractivity contribution in [2.24, 2.45) is 7.05 Å². The number of aromatic nitrogens is 1. The number of nitrogens with zero attached hydrogens (tertiary/aromatic N) is 1. The van der Waals surface area contributed by atoms with E-state index in [0.29, 0.717) is 14.8 Å². The van der Waals surface area contributed by atoms with Gasteiger partial charge in [-0.3, -0.25) is 9.59 Å². The molecule has 3 aromatic rings. The van der Waals surface area contributed by atoms with Crippen molar-refractivity contribution in [3.05, 3.63) is 79.4 Å². The minimum absolute atomic E-state index is 0.210. The van der Waals surface area contributed by atoms with Crippen LogP contribution in [0.5, 0.6) is 0 Å². The molecule has 0 fully saturated rings. The summed E-state index contributed by atoms with van der Waals surface area (Å²) in [5.74, 6) is -0.422. The van der Waals surface area contributed by atoms with E-state index in [1.807, 2.05) is 0 Å². The molecule has 0 bridgehead atoms. The maximum atomic E-state index is 12.9. The lowest BCUT2D eigenvalue weighted by molar-refractivity contribution is 0.103. The van der Waals surface area contributed by atoms with Crippen LogP contribution in [0.3, 0.4) is 0 Å². The molecule has 0 saturated carbocycles. The fourth-order valence-electron chi connectivity index (χ4n) is 2.02. The van der Waals surface area contributed by atoms with Gasteiger partial charge in [0.05, 0.1) is 10.8 Å². The highest BCUT2D eigenvalue weighted by Gasteiger charge is 2.07. The van der Waals surface area contributed by atoms with Crippen molar-refractivity contribution in [2.45, 2.75) is 0 Å². The summed E-state index contributed by atoms with van der Waals surface area (Å²) in [5.41, 5.74) is 0.507. The first-order valence-corrected chi connectivity index (χ1v) is 7.59. The van der Waals surface area contributed by atoms with Gasteiger partial charge in [0.25, 0.3) is 5.56 Å². The van der Waals surface area contributed by atoms with E-state index in [2.05, 4.69) is 0 Å². The zero-order valence-corrected chi connectivity index (χ0v) is 13.0. The number of carbonyl (C=O) groups is 1. The standard InChI is InChI=1S/C17H12FNO3S/c1-19-16(10-13(20)14-3-2-8-22-14)23-15(17(19)21)9-11-4-6-12(18)7-5-11/h2-10H,1H3/b15-9+,16-10-. The Morgan fingerprint density at radius 1 is 1.26 bits per heavy atom. The summed E-state index contributed by atoms with van der Waals surface area (Å²) < 4.78 is 20.4. The monoisotopic (exact) mass is 329 g/mol. The molecule has 0 amide bonds. The second-order valence-electron chi connectivity index (χ2n) is 4.85. The van der Waals surface area contributed by atoms with Crippen LogP contribution < -0.4 is 14.8 Å².